The Morgan fingerprint density at radius 2 is 1.89 bits per heavy atom. The van der Waals surface area contributed by atoms with Gasteiger partial charge in [0.05, 0.1) is 0 Å². The van der Waals surface area contributed by atoms with Crippen molar-refractivity contribution in [2.75, 3.05) is 13.8 Å². The molecule has 1 unspecified atom stereocenters. The fourth-order valence-corrected chi connectivity index (χ4v) is 3.16. The van der Waals surface area contributed by atoms with Crippen molar-refractivity contribution in [3.05, 3.63) is 23.8 Å². The van der Waals surface area contributed by atoms with Crippen LogP contribution in [0.5, 0.6) is 11.5 Å². The van der Waals surface area contributed by atoms with E-state index in [1.807, 2.05) is 19.2 Å². The lowest BCUT2D eigenvalue weighted by Crippen LogP contribution is -2.33. The van der Waals surface area contributed by atoms with E-state index in [9.17, 15) is 0 Å². The number of nitrogens with two attached hydrogens (primary N) is 1. The Morgan fingerprint density at radius 1 is 1.16 bits per heavy atom. The highest BCUT2D eigenvalue weighted by Gasteiger charge is 2.26. The summed E-state index contributed by atoms with van der Waals surface area (Å²) in [7, 11) is 2.04. The second-order valence-electron chi connectivity index (χ2n) is 5.54. The van der Waals surface area contributed by atoms with Crippen molar-refractivity contribution in [3.8, 4) is 11.5 Å². The van der Waals surface area contributed by atoms with E-state index in [0.717, 1.165) is 17.1 Å². The standard InChI is InChI=1S/C15H22N2O2/c1-17-12-5-2-10(3-6-12)15(16)11-4-7-13-14(8-11)19-9-18-13/h4,7-8,10,12,15,17H,2-3,5-6,9,16H2,1H3. The molecule has 1 fully saturated rings. The van der Waals surface area contributed by atoms with Crippen LogP contribution in [-0.2, 0) is 0 Å². The molecule has 0 bridgehead atoms. The van der Waals surface area contributed by atoms with Gasteiger partial charge in [0.1, 0.15) is 0 Å². The fraction of sp³-hybridized carbons (Fsp3) is 0.600. The van der Waals surface area contributed by atoms with Gasteiger partial charge in [0, 0.05) is 12.1 Å². The molecule has 0 aromatic heterocycles. The molecule has 0 saturated heterocycles. The molecule has 3 rings (SSSR count). The van der Waals surface area contributed by atoms with Crippen molar-refractivity contribution in [2.45, 2.75) is 37.8 Å². The number of rotatable bonds is 3. The minimum Gasteiger partial charge on any atom is -0.454 e. The van der Waals surface area contributed by atoms with Gasteiger partial charge in [-0.15, -0.1) is 0 Å². The lowest BCUT2D eigenvalue weighted by molar-refractivity contribution is 0.174. The Balaban J connectivity index is 1.68. The van der Waals surface area contributed by atoms with Gasteiger partial charge in [-0.25, -0.2) is 0 Å². The summed E-state index contributed by atoms with van der Waals surface area (Å²) in [4.78, 5) is 0. The zero-order valence-corrected chi connectivity index (χ0v) is 11.4. The minimum absolute atomic E-state index is 0.104. The van der Waals surface area contributed by atoms with Gasteiger partial charge in [-0.3, -0.25) is 0 Å². The quantitative estimate of drug-likeness (QED) is 0.876. The first kappa shape index (κ1) is 12.8. The molecular weight excluding hydrogens is 240 g/mol. The van der Waals surface area contributed by atoms with Crippen LogP contribution in [0.2, 0.25) is 0 Å². The molecule has 1 aromatic carbocycles. The summed E-state index contributed by atoms with van der Waals surface area (Å²) in [6, 6.07) is 6.85. The molecule has 0 spiro atoms. The number of hydrogen-bond acceptors (Lipinski definition) is 4. The van der Waals surface area contributed by atoms with Crippen LogP contribution in [-0.4, -0.2) is 19.9 Å². The molecular formula is C15H22N2O2. The summed E-state index contributed by atoms with van der Waals surface area (Å²) >= 11 is 0. The Bertz CT molecular complexity index is 442. The van der Waals surface area contributed by atoms with E-state index in [0.29, 0.717) is 18.8 Å². The summed E-state index contributed by atoms with van der Waals surface area (Å²) in [6.07, 6.45) is 4.83. The van der Waals surface area contributed by atoms with Crippen molar-refractivity contribution in [3.63, 3.8) is 0 Å². The normalized spacial score (nSPS) is 27.3. The van der Waals surface area contributed by atoms with Gasteiger partial charge in [0.25, 0.3) is 0 Å². The van der Waals surface area contributed by atoms with E-state index in [-0.39, 0.29) is 6.04 Å². The molecule has 3 N–H and O–H groups in total. The summed E-state index contributed by atoms with van der Waals surface area (Å²) in [5.74, 6) is 2.23. The largest absolute Gasteiger partial charge is 0.454 e. The smallest absolute Gasteiger partial charge is 0.231 e. The molecule has 1 saturated carbocycles. The third-order valence-corrected chi connectivity index (χ3v) is 4.47. The van der Waals surface area contributed by atoms with Crippen LogP contribution >= 0.6 is 0 Å². The summed E-state index contributed by atoms with van der Waals surface area (Å²) in [5, 5.41) is 3.36. The third kappa shape index (κ3) is 2.55. The zero-order valence-electron chi connectivity index (χ0n) is 11.4. The Kier molecular flexibility index (Phi) is 3.62. The maximum absolute atomic E-state index is 6.43. The van der Waals surface area contributed by atoms with Gasteiger partial charge in [0.15, 0.2) is 11.5 Å². The van der Waals surface area contributed by atoms with E-state index in [1.54, 1.807) is 0 Å². The van der Waals surface area contributed by atoms with Crippen molar-refractivity contribution in [2.24, 2.45) is 11.7 Å². The van der Waals surface area contributed by atoms with E-state index in [2.05, 4.69) is 11.4 Å². The maximum Gasteiger partial charge on any atom is 0.231 e. The predicted octanol–water partition coefficient (Wildman–Crippen LogP) is 2.19. The Hall–Kier alpha value is -1.26. The minimum atomic E-state index is 0.104. The van der Waals surface area contributed by atoms with Gasteiger partial charge in [-0.1, -0.05) is 6.07 Å². The number of benzene rings is 1. The fourth-order valence-electron chi connectivity index (χ4n) is 3.16. The first-order valence-corrected chi connectivity index (χ1v) is 7.10. The van der Waals surface area contributed by atoms with Crippen molar-refractivity contribution < 1.29 is 9.47 Å². The first-order chi connectivity index (χ1) is 9.28. The Morgan fingerprint density at radius 3 is 2.63 bits per heavy atom. The second-order valence-corrected chi connectivity index (χ2v) is 5.54. The van der Waals surface area contributed by atoms with Gasteiger partial charge in [0.2, 0.25) is 6.79 Å². The molecule has 104 valence electrons. The zero-order chi connectivity index (χ0) is 13.2. The van der Waals surface area contributed by atoms with Crippen LogP contribution in [0.25, 0.3) is 0 Å². The predicted molar refractivity (Wildman–Crippen MR) is 74.3 cm³/mol. The molecule has 1 aliphatic heterocycles. The average Bonchev–Trinajstić information content (AvgIpc) is 2.94. The topological polar surface area (TPSA) is 56.5 Å². The molecule has 1 heterocycles. The highest BCUT2D eigenvalue weighted by Crippen LogP contribution is 2.38. The van der Waals surface area contributed by atoms with Crippen molar-refractivity contribution >= 4 is 0 Å². The molecule has 1 aromatic rings. The van der Waals surface area contributed by atoms with Gasteiger partial charge >= 0.3 is 0 Å². The molecule has 2 aliphatic rings. The van der Waals surface area contributed by atoms with Crippen LogP contribution in [0.4, 0.5) is 0 Å². The molecule has 0 radical (unpaired) electrons. The van der Waals surface area contributed by atoms with Crippen molar-refractivity contribution in [1.82, 2.24) is 5.32 Å². The highest BCUT2D eigenvalue weighted by atomic mass is 16.7. The van der Waals surface area contributed by atoms with Crippen molar-refractivity contribution in [1.29, 1.82) is 0 Å². The van der Waals surface area contributed by atoms with E-state index < -0.39 is 0 Å². The number of ether oxygens (including phenoxy) is 2. The number of hydrogen-bond donors (Lipinski definition) is 2. The number of nitrogens with one attached hydrogen (secondary N) is 1. The van der Waals surface area contributed by atoms with Crippen LogP contribution in [0.1, 0.15) is 37.3 Å². The van der Waals surface area contributed by atoms with Gasteiger partial charge < -0.3 is 20.5 Å². The lowest BCUT2D eigenvalue weighted by Gasteiger charge is -2.32. The summed E-state index contributed by atoms with van der Waals surface area (Å²) in [6.45, 7) is 0.321. The molecule has 4 heteroatoms. The van der Waals surface area contributed by atoms with Gasteiger partial charge in [-0.2, -0.15) is 0 Å². The maximum atomic E-state index is 6.43. The van der Waals surface area contributed by atoms with Crippen LogP contribution in [0.15, 0.2) is 18.2 Å². The average molecular weight is 262 g/mol. The van der Waals surface area contributed by atoms with E-state index in [1.165, 1.54) is 25.7 Å². The molecule has 1 aliphatic carbocycles. The Labute approximate surface area is 114 Å². The summed E-state index contributed by atoms with van der Waals surface area (Å²) < 4.78 is 10.8. The van der Waals surface area contributed by atoms with Crippen LogP contribution < -0.4 is 20.5 Å². The monoisotopic (exact) mass is 262 g/mol. The molecule has 0 amide bonds. The van der Waals surface area contributed by atoms with Gasteiger partial charge in [-0.05, 0) is 56.3 Å². The van der Waals surface area contributed by atoms with E-state index in [4.69, 9.17) is 15.2 Å². The highest BCUT2D eigenvalue weighted by molar-refractivity contribution is 5.45. The van der Waals surface area contributed by atoms with Crippen LogP contribution in [0.3, 0.4) is 0 Å². The number of fused-ring (bicyclic) bond motifs is 1. The second kappa shape index (κ2) is 5.39. The van der Waals surface area contributed by atoms with Crippen LogP contribution in [0, 0.1) is 5.92 Å². The SMILES string of the molecule is CNC1CCC(C(N)c2ccc3c(c2)OCO3)CC1. The molecule has 4 nitrogen and oxygen atoms in total. The molecule has 1 atom stereocenters. The third-order valence-electron chi connectivity index (χ3n) is 4.47. The summed E-state index contributed by atoms with van der Waals surface area (Å²) in [5.41, 5.74) is 7.60. The van der Waals surface area contributed by atoms with E-state index >= 15 is 0 Å². The lowest BCUT2D eigenvalue weighted by atomic mass is 9.79. The first-order valence-electron chi connectivity index (χ1n) is 7.10. The molecule has 19 heavy (non-hydrogen) atoms.